The number of hydrogen-bond acceptors (Lipinski definition) is 2. The van der Waals surface area contributed by atoms with E-state index in [1.54, 1.807) is 0 Å². The Morgan fingerprint density at radius 2 is 1.57 bits per heavy atom. The second-order valence-corrected chi connectivity index (χ2v) is 4.75. The minimum atomic E-state index is -5.20. The Kier molecular flexibility index (Phi) is 3.90. The minimum absolute atomic E-state index is 0.182. The maximum atomic E-state index is 13.0. The van der Waals surface area contributed by atoms with E-state index in [2.05, 4.69) is 0 Å². The molecule has 21 heavy (non-hydrogen) atoms. The highest BCUT2D eigenvalue weighted by Crippen LogP contribution is 2.39. The quantitative estimate of drug-likeness (QED) is 0.606. The number of carbonyl (C=O) groups is 1. The van der Waals surface area contributed by atoms with E-state index >= 15 is 0 Å². The van der Waals surface area contributed by atoms with Crippen molar-refractivity contribution in [2.75, 3.05) is 18.0 Å². The van der Waals surface area contributed by atoms with Gasteiger partial charge in [0, 0.05) is 24.3 Å². The van der Waals surface area contributed by atoms with Crippen LogP contribution in [-0.2, 0) is 6.18 Å². The molecule has 0 aromatic heterocycles. The van der Waals surface area contributed by atoms with Crippen LogP contribution in [-0.4, -0.2) is 25.0 Å². The molecule has 0 aliphatic carbocycles. The van der Waals surface area contributed by atoms with Gasteiger partial charge in [-0.1, -0.05) is 0 Å². The number of benzene rings is 1. The highest BCUT2D eigenvalue weighted by molar-refractivity contribution is 6.00. The highest BCUT2D eigenvalue weighted by Gasteiger charge is 2.42. The summed E-state index contributed by atoms with van der Waals surface area (Å²) in [6.45, 7) is 0.825. The van der Waals surface area contributed by atoms with Crippen molar-refractivity contribution >= 4 is 11.5 Å². The first-order chi connectivity index (χ1) is 9.60. The molecule has 1 aliphatic rings. The number of anilines is 1. The smallest absolute Gasteiger partial charge is 0.371 e. The summed E-state index contributed by atoms with van der Waals surface area (Å²) in [6.07, 6.45) is -8.57. The lowest BCUT2D eigenvalue weighted by Crippen LogP contribution is -2.25. The Morgan fingerprint density at radius 3 is 2.05 bits per heavy atom. The normalized spacial score (nSPS) is 16.4. The van der Waals surface area contributed by atoms with Crippen molar-refractivity contribution in [3.63, 3.8) is 0 Å². The fraction of sp³-hybridized carbons (Fsp3) is 0.462. The number of nitrogens with zero attached hydrogens (tertiary/aromatic N) is 1. The van der Waals surface area contributed by atoms with Crippen LogP contribution < -0.4 is 4.90 Å². The lowest BCUT2D eigenvalue weighted by atomic mass is 10.0. The molecule has 0 saturated carbocycles. The number of ketones is 1. The van der Waals surface area contributed by atoms with Crippen LogP contribution in [0.25, 0.3) is 0 Å². The number of hydrogen-bond donors (Lipinski definition) is 0. The molecule has 0 spiro atoms. The van der Waals surface area contributed by atoms with Gasteiger partial charge in [-0.15, -0.1) is 0 Å². The van der Waals surface area contributed by atoms with Gasteiger partial charge in [0.05, 0.1) is 5.56 Å². The van der Waals surface area contributed by atoms with E-state index in [1.807, 2.05) is 0 Å². The van der Waals surface area contributed by atoms with Crippen LogP contribution in [0.3, 0.4) is 0 Å². The molecule has 8 heteroatoms. The van der Waals surface area contributed by atoms with Gasteiger partial charge in [0.2, 0.25) is 0 Å². The average molecular weight is 311 g/mol. The van der Waals surface area contributed by atoms with E-state index in [9.17, 15) is 31.1 Å². The standard InChI is InChI=1S/C13H11F6NO/c14-12(15,16)9-7-8(11(21)13(17,18)19)3-4-10(9)20-5-1-2-6-20/h3-4,7H,1-2,5-6H2. The first-order valence-corrected chi connectivity index (χ1v) is 6.18. The van der Waals surface area contributed by atoms with Crippen LogP contribution in [0, 0.1) is 0 Å². The van der Waals surface area contributed by atoms with Gasteiger partial charge in [-0.3, -0.25) is 4.79 Å². The number of alkyl halides is 6. The molecule has 1 heterocycles. The second-order valence-electron chi connectivity index (χ2n) is 4.75. The molecule has 0 N–H and O–H groups in total. The molecule has 0 amide bonds. The first kappa shape index (κ1) is 15.7. The molecule has 1 aliphatic heterocycles. The van der Waals surface area contributed by atoms with Crippen LogP contribution in [0.4, 0.5) is 32.0 Å². The van der Waals surface area contributed by atoms with Gasteiger partial charge in [-0.05, 0) is 31.0 Å². The van der Waals surface area contributed by atoms with Crippen molar-refractivity contribution in [1.29, 1.82) is 0 Å². The third-order valence-electron chi connectivity index (χ3n) is 3.27. The molecular weight excluding hydrogens is 300 g/mol. The Labute approximate surface area is 116 Å². The van der Waals surface area contributed by atoms with E-state index in [0.29, 0.717) is 13.1 Å². The van der Waals surface area contributed by atoms with Crippen molar-refractivity contribution < 1.29 is 31.1 Å². The summed E-state index contributed by atoms with van der Waals surface area (Å²) in [7, 11) is 0. The highest BCUT2D eigenvalue weighted by atomic mass is 19.4. The third kappa shape index (κ3) is 3.30. The molecule has 0 radical (unpaired) electrons. The summed E-state index contributed by atoms with van der Waals surface area (Å²) < 4.78 is 76.0. The molecule has 1 saturated heterocycles. The van der Waals surface area contributed by atoms with E-state index in [1.165, 1.54) is 4.90 Å². The van der Waals surface area contributed by atoms with Gasteiger partial charge < -0.3 is 4.90 Å². The Bertz CT molecular complexity index is 543. The second kappa shape index (κ2) is 5.23. The van der Waals surface area contributed by atoms with E-state index in [4.69, 9.17) is 0 Å². The molecule has 1 fully saturated rings. The van der Waals surface area contributed by atoms with Gasteiger partial charge in [-0.25, -0.2) is 0 Å². The van der Waals surface area contributed by atoms with Crippen molar-refractivity contribution in [2.45, 2.75) is 25.2 Å². The van der Waals surface area contributed by atoms with Crippen LogP contribution in [0.1, 0.15) is 28.8 Å². The molecule has 2 rings (SSSR count). The zero-order chi connectivity index (χ0) is 15.8. The van der Waals surface area contributed by atoms with Gasteiger partial charge >= 0.3 is 12.4 Å². The van der Waals surface area contributed by atoms with E-state index in [-0.39, 0.29) is 11.8 Å². The van der Waals surface area contributed by atoms with Crippen molar-refractivity contribution in [2.24, 2.45) is 0 Å². The van der Waals surface area contributed by atoms with Gasteiger partial charge in [0.1, 0.15) is 0 Å². The SMILES string of the molecule is O=C(c1ccc(N2CCCC2)c(C(F)(F)F)c1)C(F)(F)F. The Morgan fingerprint density at radius 1 is 1.00 bits per heavy atom. The minimum Gasteiger partial charge on any atom is -0.371 e. The van der Waals surface area contributed by atoms with Crippen LogP contribution in [0.2, 0.25) is 0 Å². The molecule has 2 nitrogen and oxygen atoms in total. The number of carbonyl (C=O) groups excluding carboxylic acids is 1. The topological polar surface area (TPSA) is 20.3 Å². The van der Waals surface area contributed by atoms with Crippen LogP contribution in [0.5, 0.6) is 0 Å². The summed E-state index contributed by atoms with van der Waals surface area (Å²) in [5.41, 5.74) is -2.39. The van der Waals surface area contributed by atoms with Crippen LogP contribution >= 0.6 is 0 Å². The van der Waals surface area contributed by atoms with E-state index < -0.39 is 29.3 Å². The summed E-state index contributed by atoms with van der Waals surface area (Å²) in [5.74, 6) is -2.28. The molecule has 0 atom stereocenters. The maximum Gasteiger partial charge on any atom is 0.454 e. The summed E-state index contributed by atoms with van der Waals surface area (Å²) in [5, 5.41) is 0. The molecule has 1 aromatic carbocycles. The molecule has 116 valence electrons. The number of rotatable bonds is 2. The largest absolute Gasteiger partial charge is 0.454 e. The van der Waals surface area contributed by atoms with E-state index in [0.717, 1.165) is 25.0 Å². The Balaban J connectivity index is 2.47. The number of halogens is 6. The van der Waals surface area contributed by atoms with Gasteiger partial charge in [-0.2, -0.15) is 26.3 Å². The lowest BCUT2D eigenvalue weighted by Gasteiger charge is -2.23. The molecule has 1 aromatic rings. The average Bonchev–Trinajstić information content (AvgIpc) is 2.88. The predicted molar refractivity (Wildman–Crippen MR) is 63.3 cm³/mol. The monoisotopic (exact) mass is 311 g/mol. The number of Topliss-reactive ketones (excluding diaryl/α,β-unsaturated/α-hetero) is 1. The third-order valence-corrected chi connectivity index (χ3v) is 3.27. The summed E-state index contributed by atoms with van der Waals surface area (Å²) >= 11 is 0. The fourth-order valence-corrected chi connectivity index (χ4v) is 2.30. The summed E-state index contributed by atoms with van der Waals surface area (Å²) in [4.78, 5) is 12.5. The molecule has 0 bridgehead atoms. The van der Waals surface area contributed by atoms with Crippen molar-refractivity contribution in [3.8, 4) is 0 Å². The maximum absolute atomic E-state index is 13.0. The predicted octanol–water partition coefficient (Wildman–Crippen LogP) is 4.05. The summed E-state index contributed by atoms with van der Waals surface area (Å²) in [6, 6.07) is 2.01. The first-order valence-electron chi connectivity index (χ1n) is 6.18. The zero-order valence-corrected chi connectivity index (χ0v) is 10.7. The van der Waals surface area contributed by atoms with Crippen molar-refractivity contribution in [3.05, 3.63) is 29.3 Å². The van der Waals surface area contributed by atoms with Crippen molar-refractivity contribution in [1.82, 2.24) is 0 Å². The van der Waals surface area contributed by atoms with Gasteiger partial charge in [0.25, 0.3) is 5.78 Å². The molecule has 0 unspecified atom stereocenters. The van der Waals surface area contributed by atoms with Crippen LogP contribution in [0.15, 0.2) is 18.2 Å². The van der Waals surface area contributed by atoms with Gasteiger partial charge in [0.15, 0.2) is 0 Å². The fourth-order valence-electron chi connectivity index (χ4n) is 2.30. The Hall–Kier alpha value is -1.73. The zero-order valence-electron chi connectivity index (χ0n) is 10.7. The molecular formula is C13H11F6NO. The lowest BCUT2D eigenvalue weighted by molar-refractivity contribution is -0.137.